The molecule has 22 heavy (non-hydrogen) atoms. The average molecular weight is 294 g/mol. The van der Waals surface area contributed by atoms with E-state index in [0.29, 0.717) is 6.04 Å². The quantitative estimate of drug-likeness (QED) is 0.860. The Morgan fingerprint density at radius 2 is 1.45 bits per heavy atom. The fourth-order valence-corrected chi connectivity index (χ4v) is 2.60. The largest absolute Gasteiger partial charge is 0.344 e. The summed E-state index contributed by atoms with van der Waals surface area (Å²) >= 11 is 0. The fraction of sp³-hybridized carbons (Fsp3) is 0.316. The molecule has 2 N–H and O–H groups in total. The van der Waals surface area contributed by atoms with Crippen LogP contribution in [0.2, 0.25) is 0 Å². The van der Waals surface area contributed by atoms with Crippen LogP contribution in [0.4, 0.5) is 0 Å². The van der Waals surface area contributed by atoms with Crippen LogP contribution >= 0.6 is 0 Å². The van der Waals surface area contributed by atoms with E-state index in [4.69, 9.17) is 0 Å². The number of hydrogen-bond donors (Lipinski definition) is 2. The first-order valence-electron chi connectivity index (χ1n) is 7.90. The molecular weight excluding hydrogens is 272 g/mol. The van der Waals surface area contributed by atoms with Crippen molar-refractivity contribution in [2.75, 3.05) is 0 Å². The second-order valence-corrected chi connectivity index (χ2v) is 5.93. The highest BCUT2D eigenvalue weighted by Crippen LogP contribution is 2.23. The second-order valence-electron chi connectivity index (χ2n) is 5.93. The lowest BCUT2D eigenvalue weighted by Gasteiger charge is -2.22. The van der Waals surface area contributed by atoms with Crippen LogP contribution in [0.1, 0.15) is 36.9 Å². The van der Waals surface area contributed by atoms with Crippen LogP contribution in [0.3, 0.4) is 0 Å². The lowest BCUT2D eigenvalue weighted by atomic mass is 9.98. The van der Waals surface area contributed by atoms with E-state index in [-0.39, 0.29) is 18.0 Å². The normalized spacial score (nSPS) is 15.5. The SMILES string of the molecule is CC(NC1CC1)C(=O)NC(c1ccccc1)c1ccccc1. The van der Waals surface area contributed by atoms with E-state index in [2.05, 4.69) is 34.9 Å². The summed E-state index contributed by atoms with van der Waals surface area (Å²) in [5.41, 5.74) is 2.20. The number of amides is 1. The molecule has 2 aromatic rings. The number of carbonyl (C=O) groups excluding carboxylic acids is 1. The van der Waals surface area contributed by atoms with Gasteiger partial charge in [0.15, 0.2) is 0 Å². The van der Waals surface area contributed by atoms with Gasteiger partial charge in [0.25, 0.3) is 0 Å². The van der Waals surface area contributed by atoms with Gasteiger partial charge in [-0.3, -0.25) is 4.79 Å². The molecular formula is C19H22N2O. The predicted octanol–water partition coefficient (Wildman–Crippen LogP) is 3.03. The van der Waals surface area contributed by atoms with Crippen molar-refractivity contribution in [2.24, 2.45) is 0 Å². The van der Waals surface area contributed by atoms with E-state index < -0.39 is 0 Å². The molecule has 0 aromatic heterocycles. The van der Waals surface area contributed by atoms with Crippen molar-refractivity contribution < 1.29 is 4.79 Å². The molecule has 3 heteroatoms. The van der Waals surface area contributed by atoms with E-state index >= 15 is 0 Å². The topological polar surface area (TPSA) is 41.1 Å². The van der Waals surface area contributed by atoms with Gasteiger partial charge in [0.1, 0.15) is 0 Å². The number of rotatable bonds is 6. The number of carbonyl (C=O) groups is 1. The predicted molar refractivity (Wildman–Crippen MR) is 88.5 cm³/mol. The Hall–Kier alpha value is -2.13. The molecule has 1 unspecified atom stereocenters. The van der Waals surface area contributed by atoms with Crippen LogP contribution in [-0.4, -0.2) is 18.0 Å². The lowest BCUT2D eigenvalue weighted by Crippen LogP contribution is -2.44. The summed E-state index contributed by atoms with van der Waals surface area (Å²) in [6.07, 6.45) is 2.36. The van der Waals surface area contributed by atoms with Crippen LogP contribution < -0.4 is 10.6 Å². The first-order valence-corrected chi connectivity index (χ1v) is 7.90. The average Bonchev–Trinajstić information content (AvgIpc) is 3.38. The zero-order valence-corrected chi connectivity index (χ0v) is 12.8. The minimum Gasteiger partial charge on any atom is -0.344 e. The molecule has 0 aliphatic heterocycles. The molecule has 2 aromatic carbocycles. The summed E-state index contributed by atoms with van der Waals surface area (Å²) in [6.45, 7) is 1.93. The van der Waals surface area contributed by atoms with Gasteiger partial charge in [0.2, 0.25) is 5.91 Å². The molecule has 0 heterocycles. The third-order valence-corrected chi connectivity index (χ3v) is 4.01. The Labute approximate surface area is 131 Å². The van der Waals surface area contributed by atoms with Gasteiger partial charge in [0.05, 0.1) is 12.1 Å². The molecule has 0 bridgehead atoms. The summed E-state index contributed by atoms with van der Waals surface area (Å²) in [7, 11) is 0. The fourth-order valence-electron chi connectivity index (χ4n) is 2.60. The summed E-state index contributed by atoms with van der Waals surface area (Å²) in [5, 5.41) is 6.53. The van der Waals surface area contributed by atoms with Crippen molar-refractivity contribution in [3.8, 4) is 0 Å². The standard InChI is InChI=1S/C19H22N2O/c1-14(20-17-12-13-17)19(22)21-18(15-8-4-2-5-9-15)16-10-6-3-7-11-16/h2-11,14,17-18,20H,12-13H2,1H3,(H,21,22). The van der Waals surface area contributed by atoms with Crippen molar-refractivity contribution in [1.29, 1.82) is 0 Å². The van der Waals surface area contributed by atoms with Gasteiger partial charge in [0, 0.05) is 6.04 Å². The third-order valence-electron chi connectivity index (χ3n) is 4.01. The molecule has 1 aliphatic carbocycles. The van der Waals surface area contributed by atoms with E-state index in [1.54, 1.807) is 0 Å². The van der Waals surface area contributed by atoms with E-state index in [1.807, 2.05) is 43.3 Å². The van der Waals surface area contributed by atoms with Gasteiger partial charge in [-0.05, 0) is 30.9 Å². The smallest absolute Gasteiger partial charge is 0.237 e. The van der Waals surface area contributed by atoms with Crippen molar-refractivity contribution in [1.82, 2.24) is 10.6 Å². The third kappa shape index (κ3) is 3.74. The van der Waals surface area contributed by atoms with Crippen LogP contribution in [0, 0.1) is 0 Å². The zero-order valence-electron chi connectivity index (χ0n) is 12.8. The van der Waals surface area contributed by atoms with Gasteiger partial charge in [-0.25, -0.2) is 0 Å². The maximum atomic E-state index is 12.5. The van der Waals surface area contributed by atoms with E-state index in [1.165, 1.54) is 12.8 Å². The highest BCUT2D eigenvalue weighted by Gasteiger charge is 2.27. The number of benzene rings is 2. The van der Waals surface area contributed by atoms with Gasteiger partial charge >= 0.3 is 0 Å². The van der Waals surface area contributed by atoms with Crippen LogP contribution in [0.5, 0.6) is 0 Å². The molecule has 1 amide bonds. The second kappa shape index (κ2) is 6.75. The zero-order chi connectivity index (χ0) is 15.4. The Bertz CT molecular complexity index is 568. The highest BCUT2D eigenvalue weighted by atomic mass is 16.2. The molecule has 0 radical (unpaired) electrons. The summed E-state index contributed by atoms with van der Waals surface area (Å²) in [6, 6.07) is 20.4. The molecule has 0 spiro atoms. The van der Waals surface area contributed by atoms with Crippen molar-refractivity contribution >= 4 is 5.91 Å². The van der Waals surface area contributed by atoms with Gasteiger partial charge in [-0.2, -0.15) is 0 Å². The molecule has 1 saturated carbocycles. The molecule has 1 aliphatic rings. The molecule has 0 saturated heterocycles. The van der Waals surface area contributed by atoms with Gasteiger partial charge in [-0.15, -0.1) is 0 Å². The summed E-state index contributed by atoms with van der Waals surface area (Å²) < 4.78 is 0. The molecule has 3 nitrogen and oxygen atoms in total. The van der Waals surface area contributed by atoms with E-state index in [0.717, 1.165) is 11.1 Å². The van der Waals surface area contributed by atoms with Crippen LogP contribution in [0.15, 0.2) is 60.7 Å². The van der Waals surface area contributed by atoms with Crippen molar-refractivity contribution in [3.05, 3.63) is 71.8 Å². The Kier molecular flexibility index (Phi) is 4.54. The Morgan fingerprint density at radius 1 is 0.955 bits per heavy atom. The van der Waals surface area contributed by atoms with E-state index in [9.17, 15) is 4.79 Å². The molecule has 1 fully saturated rings. The maximum Gasteiger partial charge on any atom is 0.237 e. The van der Waals surface area contributed by atoms with Crippen molar-refractivity contribution in [2.45, 2.75) is 37.9 Å². The monoisotopic (exact) mass is 294 g/mol. The molecule has 3 rings (SSSR count). The molecule has 1 atom stereocenters. The van der Waals surface area contributed by atoms with Gasteiger partial charge < -0.3 is 10.6 Å². The summed E-state index contributed by atoms with van der Waals surface area (Å²) in [4.78, 5) is 12.5. The minimum atomic E-state index is -0.164. The first-order chi connectivity index (χ1) is 10.7. The lowest BCUT2D eigenvalue weighted by molar-refractivity contribution is -0.123. The highest BCUT2D eigenvalue weighted by molar-refractivity contribution is 5.82. The Balaban J connectivity index is 1.78. The minimum absolute atomic E-state index is 0.0459. The molecule has 114 valence electrons. The first kappa shape index (κ1) is 14.8. The van der Waals surface area contributed by atoms with Crippen molar-refractivity contribution in [3.63, 3.8) is 0 Å². The van der Waals surface area contributed by atoms with Crippen LogP contribution in [0.25, 0.3) is 0 Å². The Morgan fingerprint density at radius 3 is 1.91 bits per heavy atom. The summed E-state index contributed by atoms with van der Waals surface area (Å²) in [5.74, 6) is 0.0459. The van der Waals surface area contributed by atoms with Crippen LogP contribution in [-0.2, 0) is 4.79 Å². The number of hydrogen-bond acceptors (Lipinski definition) is 2. The van der Waals surface area contributed by atoms with Gasteiger partial charge in [-0.1, -0.05) is 60.7 Å². The maximum absolute atomic E-state index is 12.5. The number of nitrogens with one attached hydrogen (secondary N) is 2.